The van der Waals surface area contributed by atoms with Gasteiger partial charge in [0.25, 0.3) is 10.0 Å². The van der Waals surface area contributed by atoms with Gasteiger partial charge in [-0.3, -0.25) is 0 Å². The highest BCUT2D eigenvalue weighted by molar-refractivity contribution is 7.90. The number of carbonyl (C=O) groups is 1. The van der Waals surface area contributed by atoms with Gasteiger partial charge in [0, 0.05) is 13.1 Å². The first-order chi connectivity index (χ1) is 10.0. The molecule has 2 saturated heterocycles. The van der Waals surface area contributed by atoms with Gasteiger partial charge in [-0.15, -0.1) is 0 Å². The Labute approximate surface area is 125 Å². The summed E-state index contributed by atoms with van der Waals surface area (Å²) in [5.74, 6) is 1.04. The lowest BCUT2D eigenvalue weighted by molar-refractivity contribution is 0.198. The number of nitrogens with zero attached hydrogens (tertiary/aromatic N) is 1. The molecule has 1 aliphatic carbocycles. The van der Waals surface area contributed by atoms with Crippen LogP contribution in [0.2, 0.25) is 0 Å². The van der Waals surface area contributed by atoms with Crippen LogP contribution in [-0.4, -0.2) is 32.4 Å². The smallest absolute Gasteiger partial charge is 0.323 e. The molecule has 3 aliphatic rings. The van der Waals surface area contributed by atoms with Gasteiger partial charge in [0.2, 0.25) is 0 Å². The van der Waals surface area contributed by atoms with E-state index in [0.717, 1.165) is 25.7 Å². The minimum atomic E-state index is -3.78. The molecule has 3 fully saturated rings. The van der Waals surface area contributed by atoms with E-state index in [4.69, 9.17) is 0 Å². The average molecular weight is 308 g/mol. The van der Waals surface area contributed by atoms with E-state index in [1.807, 2.05) is 0 Å². The highest BCUT2D eigenvalue weighted by atomic mass is 32.2. The standard InChI is InChI=1S/C15H20N2O3S/c18-15(16-21(19,20)14-4-2-1-3-5-14)17-10-12-6-7-13(11-17)9-8-12/h1-5,12-13H,6-11H2,(H,16,18). The van der Waals surface area contributed by atoms with Gasteiger partial charge < -0.3 is 4.90 Å². The number of amides is 2. The molecule has 0 spiro atoms. The summed E-state index contributed by atoms with van der Waals surface area (Å²) in [6, 6.07) is 7.52. The summed E-state index contributed by atoms with van der Waals surface area (Å²) >= 11 is 0. The summed E-state index contributed by atoms with van der Waals surface area (Å²) in [4.78, 5) is 14.1. The van der Waals surface area contributed by atoms with Crippen molar-refractivity contribution in [3.8, 4) is 0 Å². The molecule has 21 heavy (non-hydrogen) atoms. The van der Waals surface area contributed by atoms with Gasteiger partial charge in [0.05, 0.1) is 4.90 Å². The zero-order chi connectivity index (χ0) is 14.9. The second-order valence-corrected chi connectivity index (χ2v) is 7.70. The van der Waals surface area contributed by atoms with Crippen molar-refractivity contribution in [1.82, 2.24) is 9.62 Å². The van der Waals surface area contributed by atoms with Crippen LogP contribution in [0, 0.1) is 11.8 Å². The molecule has 0 aromatic heterocycles. The largest absolute Gasteiger partial charge is 0.331 e. The number of benzene rings is 1. The van der Waals surface area contributed by atoms with E-state index in [9.17, 15) is 13.2 Å². The molecule has 114 valence electrons. The summed E-state index contributed by atoms with van der Waals surface area (Å²) in [5, 5.41) is 0. The Morgan fingerprint density at radius 1 is 1.00 bits per heavy atom. The maximum atomic E-state index is 12.3. The van der Waals surface area contributed by atoms with Gasteiger partial charge in [-0.25, -0.2) is 17.9 Å². The number of sulfonamides is 1. The Morgan fingerprint density at radius 3 is 2.05 bits per heavy atom. The lowest BCUT2D eigenvalue weighted by atomic mass is 9.84. The predicted molar refractivity (Wildman–Crippen MR) is 79.2 cm³/mol. The molecule has 5 nitrogen and oxygen atoms in total. The zero-order valence-electron chi connectivity index (χ0n) is 11.9. The second kappa shape index (κ2) is 5.67. The van der Waals surface area contributed by atoms with Crippen molar-refractivity contribution in [2.45, 2.75) is 30.6 Å². The molecular formula is C15H20N2O3S. The van der Waals surface area contributed by atoms with Crippen LogP contribution in [0.15, 0.2) is 35.2 Å². The molecule has 0 unspecified atom stereocenters. The first kappa shape index (κ1) is 14.4. The van der Waals surface area contributed by atoms with Crippen LogP contribution in [0.5, 0.6) is 0 Å². The highest BCUT2D eigenvalue weighted by Crippen LogP contribution is 2.33. The molecule has 1 saturated carbocycles. The van der Waals surface area contributed by atoms with Crippen LogP contribution in [-0.2, 0) is 10.0 Å². The molecule has 4 rings (SSSR count). The van der Waals surface area contributed by atoms with Crippen molar-refractivity contribution in [2.75, 3.05) is 13.1 Å². The summed E-state index contributed by atoms with van der Waals surface area (Å²) in [6.07, 6.45) is 4.61. The van der Waals surface area contributed by atoms with E-state index in [2.05, 4.69) is 4.72 Å². The van der Waals surface area contributed by atoms with E-state index in [-0.39, 0.29) is 4.90 Å². The first-order valence-electron chi connectivity index (χ1n) is 7.41. The minimum absolute atomic E-state index is 0.121. The van der Waals surface area contributed by atoms with Crippen molar-refractivity contribution in [3.63, 3.8) is 0 Å². The molecule has 2 bridgehead atoms. The molecule has 1 aromatic rings. The highest BCUT2D eigenvalue weighted by Gasteiger charge is 2.32. The number of urea groups is 1. The maximum Gasteiger partial charge on any atom is 0.331 e. The van der Waals surface area contributed by atoms with Crippen molar-refractivity contribution in [2.24, 2.45) is 11.8 Å². The number of rotatable bonds is 2. The summed E-state index contributed by atoms with van der Waals surface area (Å²) in [5.41, 5.74) is 0. The zero-order valence-corrected chi connectivity index (χ0v) is 12.7. The lowest BCUT2D eigenvalue weighted by Gasteiger charge is -2.22. The normalized spacial score (nSPS) is 25.4. The van der Waals surface area contributed by atoms with Gasteiger partial charge in [0.15, 0.2) is 0 Å². The average Bonchev–Trinajstić information content (AvgIpc) is 2.81. The number of carbonyl (C=O) groups excluding carboxylic acids is 1. The van der Waals surface area contributed by atoms with Gasteiger partial charge in [-0.2, -0.15) is 0 Å². The van der Waals surface area contributed by atoms with Gasteiger partial charge in [0.1, 0.15) is 0 Å². The summed E-state index contributed by atoms with van der Waals surface area (Å²) in [7, 11) is -3.78. The number of hydrogen-bond donors (Lipinski definition) is 1. The van der Waals surface area contributed by atoms with E-state index in [1.54, 1.807) is 23.1 Å². The second-order valence-electron chi connectivity index (χ2n) is 6.02. The molecule has 1 N–H and O–H groups in total. The third kappa shape index (κ3) is 3.20. The van der Waals surface area contributed by atoms with Gasteiger partial charge in [-0.05, 0) is 49.7 Å². The Balaban J connectivity index is 1.71. The van der Waals surface area contributed by atoms with Gasteiger partial charge in [-0.1, -0.05) is 18.2 Å². The number of hydrogen-bond acceptors (Lipinski definition) is 3. The van der Waals surface area contributed by atoms with Crippen LogP contribution < -0.4 is 4.72 Å². The Bertz CT molecular complexity index is 593. The van der Waals surface area contributed by atoms with Crippen LogP contribution in [0.1, 0.15) is 25.7 Å². The number of fused-ring (bicyclic) bond motifs is 4. The SMILES string of the molecule is O=C(NS(=O)(=O)c1ccccc1)N1CC2CCC(CC2)C1. The van der Waals surface area contributed by atoms with E-state index < -0.39 is 16.1 Å². The molecule has 2 heterocycles. The Hall–Kier alpha value is -1.56. The van der Waals surface area contributed by atoms with Crippen LogP contribution in [0.4, 0.5) is 4.79 Å². The fourth-order valence-corrected chi connectivity index (χ4v) is 4.29. The number of nitrogens with one attached hydrogen (secondary N) is 1. The predicted octanol–water partition coefficient (Wildman–Crippen LogP) is 2.21. The molecule has 2 amide bonds. The Morgan fingerprint density at radius 2 is 1.52 bits per heavy atom. The lowest BCUT2D eigenvalue weighted by Crippen LogP contribution is -2.44. The van der Waals surface area contributed by atoms with Gasteiger partial charge >= 0.3 is 6.03 Å². The van der Waals surface area contributed by atoms with Crippen molar-refractivity contribution < 1.29 is 13.2 Å². The molecule has 0 radical (unpaired) electrons. The summed E-state index contributed by atoms with van der Waals surface area (Å²) in [6.45, 7) is 1.35. The van der Waals surface area contributed by atoms with Crippen molar-refractivity contribution in [3.05, 3.63) is 30.3 Å². The topological polar surface area (TPSA) is 66.5 Å². The fraction of sp³-hybridized carbons (Fsp3) is 0.533. The van der Waals surface area contributed by atoms with E-state index in [0.29, 0.717) is 24.9 Å². The van der Waals surface area contributed by atoms with Crippen molar-refractivity contribution >= 4 is 16.1 Å². The van der Waals surface area contributed by atoms with Crippen LogP contribution >= 0.6 is 0 Å². The first-order valence-corrected chi connectivity index (χ1v) is 8.90. The summed E-state index contributed by atoms with van der Waals surface area (Å²) < 4.78 is 26.6. The van der Waals surface area contributed by atoms with E-state index in [1.165, 1.54) is 12.1 Å². The molecule has 6 heteroatoms. The third-order valence-electron chi connectivity index (χ3n) is 4.49. The van der Waals surface area contributed by atoms with E-state index >= 15 is 0 Å². The fourth-order valence-electron chi connectivity index (χ4n) is 3.30. The monoisotopic (exact) mass is 308 g/mol. The molecular weight excluding hydrogens is 288 g/mol. The minimum Gasteiger partial charge on any atom is -0.323 e. The maximum absolute atomic E-state index is 12.3. The van der Waals surface area contributed by atoms with Crippen LogP contribution in [0.3, 0.4) is 0 Å². The third-order valence-corrected chi connectivity index (χ3v) is 5.82. The van der Waals surface area contributed by atoms with Crippen LogP contribution in [0.25, 0.3) is 0 Å². The molecule has 1 aromatic carbocycles. The molecule has 0 atom stereocenters. The Kier molecular flexibility index (Phi) is 3.89. The van der Waals surface area contributed by atoms with Crippen molar-refractivity contribution in [1.29, 1.82) is 0 Å². The quantitative estimate of drug-likeness (QED) is 0.911. The molecule has 2 aliphatic heterocycles.